The van der Waals surface area contributed by atoms with Crippen LogP contribution in [0.25, 0.3) is 5.82 Å². The molecule has 0 saturated heterocycles. The average molecular weight is 382 g/mol. The van der Waals surface area contributed by atoms with Gasteiger partial charge >= 0.3 is 5.97 Å². The van der Waals surface area contributed by atoms with Crippen LogP contribution in [0.4, 0.5) is 5.69 Å². The molecule has 28 heavy (non-hydrogen) atoms. The number of rotatable bonds is 6. The highest BCUT2D eigenvalue weighted by atomic mass is 16.5. The highest BCUT2D eigenvalue weighted by Crippen LogP contribution is 2.24. The van der Waals surface area contributed by atoms with Crippen molar-refractivity contribution in [2.24, 2.45) is 7.05 Å². The van der Waals surface area contributed by atoms with Gasteiger partial charge in [0, 0.05) is 31.2 Å². The molecule has 0 bridgehead atoms. The van der Waals surface area contributed by atoms with E-state index in [4.69, 9.17) is 9.84 Å². The fraction of sp³-hybridized carbons (Fsp3) is 0.250. The molecular formula is C20H22N4O4. The molecule has 0 aliphatic rings. The molecule has 1 N–H and O–H groups in total. The van der Waals surface area contributed by atoms with E-state index in [2.05, 4.69) is 5.10 Å². The fourth-order valence-corrected chi connectivity index (χ4v) is 3.06. The normalized spacial score (nSPS) is 10.7. The van der Waals surface area contributed by atoms with E-state index < -0.39 is 12.6 Å². The van der Waals surface area contributed by atoms with Gasteiger partial charge in [0.1, 0.15) is 17.1 Å². The maximum atomic E-state index is 13.1. The van der Waals surface area contributed by atoms with Gasteiger partial charge in [-0.1, -0.05) is 0 Å². The van der Waals surface area contributed by atoms with Crippen LogP contribution in [0.5, 0.6) is 5.75 Å². The summed E-state index contributed by atoms with van der Waals surface area (Å²) in [5, 5.41) is 13.0. The Morgan fingerprint density at radius 3 is 2.29 bits per heavy atom. The maximum Gasteiger partial charge on any atom is 0.341 e. The number of aliphatic carboxylic acids is 1. The van der Waals surface area contributed by atoms with E-state index in [1.807, 2.05) is 30.5 Å². The number of aromatic nitrogens is 3. The smallest absolute Gasteiger partial charge is 0.341 e. The van der Waals surface area contributed by atoms with E-state index in [0.29, 0.717) is 22.8 Å². The predicted molar refractivity (Wildman–Crippen MR) is 104 cm³/mol. The monoisotopic (exact) mass is 382 g/mol. The van der Waals surface area contributed by atoms with Gasteiger partial charge in [0.05, 0.1) is 6.20 Å². The Kier molecular flexibility index (Phi) is 5.21. The molecule has 3 aromatic rings. The fourth-order valence-electron chi connectivity index (χ4n) is 3.06. The Balaban J connectivity index is 1.88. The van der Waals surface area contributed by atoms with E-state index in [1.165, 1.54) is 4.90 Å². The second kappa shape index (κ2) is 7.59. The molecule has 146 valence electrons. The number of anilines is 1. The van der Waals surface area contributed by atoms with Crippen LogP contribution in [-0.2, 0) is 11.8 Å². The molecule has 0 fully saturated rings. The molecule has 8 heteroatoms. The SMILES string of the molecule is Cc1ccc(C)n1-c1c(C(=O)N(C)c2ccc(OCC(=O)O)cc2)cnn1C. The summed E-state index contributed by atoms with van der Waals surface area (Å²) in [6.07, 6.45) is 1.57. The van der Waals surface area contributed by atoms with Crippen LogP contribution in [0.1, 0.15) is 21.7 Å². The first kappa shape index (κ1) is 19.2. The lowest BCUT2D eigenvalue weighted by Gasteiger charge is -2.19. The van der Waals surface area contributed by atoms with Gasteiger partial charge in [-0.15, -0.1) is 0 Å². The summed E-state index contributed by atoms with van der Waals surface area (Å²) in [4.78, 5) is 25.3. The molecule has 2 heterocycles. The first-order chi connectivity index (χ1) is 13.3. The van der Waals surface area contributed by atoms with Crippen molar-refractivity contribution in [3.63, 3.8) is 0 Å². The number of carboxylic acid groups (broad SMARTS) is 1. The molecule has 3 rings (SSSR count). The van der Waals surface area contributed by atoms with Gasteiger partial charge in [0.15, 0.2) is 6.61 Å². The zero-order chi connectivity index (χ0) is 20.4. The molecule has 0 spiro atoms. The molecule has 8 nitrogen and oxygen atoms in total. The number of carbonyl (C=O) groups excluding carboxylic acids is 1. The van der Waals surface area contributed by atoms with E-state index in [-0.39, 0.29) is 5.91 Å². The molecule has 0 radical (unpaired) electrons. The summed E-state index contributed by atoms with van der Waals surface area (Å²) in [6, 6.07) is 10.7. The third-order valence-electron chi connectivity index (χ3n) is 4.51. The van der Waals surface area contributed by atoms with Gasteiger partial charge in [-0.2, -0.15) is 5.10 Å². The molecule has 0 saturated carbocycles. The van der Waals surface area contributed by atoms with Crippen LogP contribution >= 0.6 is 0 Å². The van der Waals surface area contributed by atoms with Gasteiger partial charge in [0.25, 0.3) is 5.91 Å². The van der Waals surface area contributed by atoms with Crippen molar-refractivity contribution in [3.8, 4) is 11.6 Å². The van der Waals surface area contributed by atoms with Gasteiger partial charge in [-0.05, 0) is 50.2 Å². The summed E-state index contributed by atoms with van der Waals surface area (Å²) in [6.45, 7) is 3.55. The minimum atomic E-state index is -1.05. The molecule has 0 unspecified atom stereocenters. The van der Waals surface area contributed by atoms with Crippen molar-refractivity contribution in [3.05, 3.63) is 59.5 Å². The summed E-state index contributed by atoms with van der Waals surface area (Å²) < 4.78 is 8.81. The van der Waals surface area contributed by atoms with Gasteiger partial charge in [-0.3, -0.25) is 9.48 Å². The van der Waals surface area contributed by atoms with E-state index in [0.717, 1.165) is 11.4 Å². The van der Waals surface area contributed by atoms with E-state index in [9.17, 15) is 9.59 Å². The Labute approximate surface area is 162 Å². The minimum Gasteiger partial charge on any atom is -0.482 e. The lowest BCUT2D eigenvalue weighted by atomic mass is 10.2. The number of aryl methyl sites for hydroxylation is 3. The highest BCUT2D eigenvalue weighted by Gasteiger charge is 2.23. The molecule has 0 aliphatic carbocycles. The Morgan fingerprint density at radius 1 is 1.11 bits per heavy atom. The Bertz CT molecular complexity index is 998. The predicted octanol–water partition coefficient (Wildman–Crippen LogP) is 2.57. The number of benzene rings is 1. The quantitative estimate of drug-likeness (QED) is 0.708. The molecule has 1 amide bonds. The van der Waals surface area contributed by atoms with Crippen LogP contribution in [0.15, 0.2) is 42.6 Å². The zero-order valence-corrected chi connectivity index (χ0v) is 16.2. The van der Waals surface area contributed by atoms with Crippen molar-refractivity contribution in [2.75, 3.05) is 18.6 Å². The van der Waals surface area contributed by atoms with E-state index >= 15 is 0 Å². The second-order valence-corrected chi connectivity index (χ2v) is 6.50. The van der Waals surface area contributed by atoms with Gasteiger partial charge < -0.3 is 19.3 Å². The second-order valence-electron chi connectivity index (χ2n) is 6.50. The molecule has 0 aliphatic heterocycles. The molecule has 2 aromatic heterocycles. The third kappa shape index (κ3) is 3.62. The first-order valence-electron chi connectivity index (χ1n) is 8.69. The average Bonchev–Trinajstić information content (AvgIpc) is 3.20. The Hall–Kier alpha value is -3.55. The number of amides is 1. The molecule has 0 atom stereocenters. The van der Waals surface area contributed by atoms with Gasteiger partial charge in [-0.25, -0.2) is 4.79 Å². The Morgan fingerprint density at radius 2 is 1.71 bits per heavy atom. The van der Waals surface area contributed by atoms with Crippen LogP contribution < -0.4 is 9.64 Å². The maximum absolute atomic E-state index is 13.1. The standard InChI is InChI=1S/C20H22N4O4/c1-13-5-6-14(2)24(13)19-17(11-21-23(19)4)20(27)22(3)15-7-9-16(10-8-15)28-12-18(25)26/h5-11H,12H2,1-4H3,(H,25,26). The van der Waals surface area contributed by atoms with Crippen molar-refractivity contribution >= 4 is 17.6 Å². The molecule has 1 aromatic carbocycles. The van der Waals surface area contributed by atoms with Crippen LogP contribution in [0.2, 0.25) is 0 Å². The number of ether oxygens (including phenoxy) is 1. The zero-order valence-electron chi connectivity index (χ0n) is 16.2. The summed E-state index contributed by atoms with van der Waals surface area (Å²) in [5.74, 6) is -0.114. The minimum absolute atomic E-state index is 0.199. The number of hydrogen-bond acceptors (Lipinski definition) is 4. The molecular weight excluding hydrogens is 360 g/mol. The topological polar surface area (TPSA) is 89.6 Å². The number of carboxylic acids is 1. The van der Waals surface area contributed by atoms with Crippen molar-refractivity contribution in [1.29, 1.82) is 0 Å². The summed E-state index contributed by atoms with van der Waals surface area (Å²) in [5.41, 5.74) is 3.16. The lowest BCUT2D eigenvalue weighted by molar-refractivity contribution is -0.139. The largest absolute Gasteiger partial charge is 0.482 e. The van der Waals surface area contributed by atoms with Crippen molar-refractivity contribution in [2.45, 2.75) is 13.8 Å². The number of nitrogens with zero attached hydrogens (tertiary/aromatic N) is 4. The van der Waals surface area contributed by atoms with Gasteiger partial charge in [0.2, 0.25) is 0 Å². The number of hydrogen-bond donors (Lipinski definition) is 1. The lowest BCUT2D eigenvalue weighted by Crippen LogP contribution is -2.27. The first-order valence-corrected chi connectivity index (χ1v) is 8.69. The summed E-state index contributed by atoms with van der Waals surface area (Å²) >= 11 is 0. The van der Waals surface area contributed by atoms with Crippen LogP contribution in [-0.4, -0.2) is 45.0 Å². The van der Waals surface area contributed by atoms with Crippen LogP contribution in [0, 0.1) is 13.8 Å². The van der Waals surface area contributed by atoms with Crippen molar-refractivity contribution < 1.29 is 19.4 Å². The summed E-state index contributed by atoms with van der Waals surface area (Å²) in [7, 11) is 3.49. The van der Waals surface area contributed by atoms with Crippen molar-refractivity contribution in [1.82, 2.24) is 14.3 Å². The van der Waals surface area contributed by atoms with Crippen LogP contribution in [0.3, 0.4) is 0 Å². The van der Waals surface area contributed by atoms with E-state index in [1.54, 1.807) is 49.2 Å². The third-order valence-corrected chi connectivity index (χ3v) is 4.51. The highest BCUT2D eigenvalue weighted by molar-refractivity contribution is 6.07. The number of carbonyl (C=O) groups is 2.